The van der Waals surface area contributed by atoms with Crippen molar-refractivity contribution in [2.75, 3.05) is 23.8 Å². The van der Waals surface area contributed by atoms with Crippen LogP contribution in [0.4, 0.5) is 15.8 Å². The fraction of sp³-hybridized carbons (Fsp3) is 0.154. The lowest BCUT2D eigenvalue weighted by molar-refractivity contribution is -0.136. The molecule has 0 atom stereocenters. The number of para-hydroxylation sites is 1. The number of hydrogen-bond donors (Lipinski definition) is 3. The lowest BCUT2D eigenvalue weighted by Gasteiger charge is -2.13. The Hall–Kier alpha value is -4.73. The molecule has 0 saturated heterocycles. The van der Waals surface area contributed by atoms with Crippen LogP contribution in [0.5, 0.6) is 11.5 Å². The maximum atomic E-state index is 13.6. The van der Waals surface area contributed by atoms with Gasteiger partial charge in [0.05, 0.1) is 18.5 Å². The number of anilines is 2. The van der Waals surface area contributed by atoms with Gasteiger partial charge < -0.3 is 20.1 Å². The van der Waals surface area contributed by atoms with Gasteiger partial charge in [0.15, 0.2) is 18.1 Å². The summed E-state index contributed by atoms with van der Waals surface area (Å²) in [4.78, 5) is 36.1. The topological polar surface area (TPSA) is 118 Å². The number of ether oxygens (including phenoxy) is 2. The van der Waals surface area contributed by atoms with E-state index in [1.165, 1.54) is 24.4 Å². The van der Waals surface area contributed by atoms with Crippen LogP contribution in [0.2, 0.25) is 0 Å². The molecule has 0 aliphatic heterocycles. The quantitative estimate of drug-likeness (QED) is 0.240. The maximum absolute atomic E-state index is 13.6. The van der Waals surface area contributed by atoms with Crippen LogP contribution in [0.25, 0.3) is 0 Å². The Balaban J connectivity index is 1.56. The van der Waals surface area contributed by atoms with E-state index in [1.54, 1.807) is 31.2 Å². The van der Waals surface area contributed by atoms with E-state index in [-0.39, 0.29) is 18.2 Å². The van der Waals surface area contributed by atoms with Gasteiger partial charge in [-0.3, -0.25) is 14.4 Å². The Labute approximate surface area is 207 Å². The average Bonchev–Trinajstić information content (AvgIpc) is 2.85. The Bertz CT molecular complexity index is 1280. The van der Waals surface area contributed by atoms with Crippen molar-refractivity contribution in [3.8, 4) is 11.5 Å². The van der Waals surface area contributed by atoms with E-state index in [1.807, 2.05) is 25.1 Å². The molecule has 0 unspecified atom stereocenters. The number of benzene rings is 3. The number of halogens is 1. The summed E-state index contributed by atoms with van der Waals surface area (Å²) in [5.41, 5.74) is 4.18. The minimum Gasteiger partial charge on any atom is -0.490 e. The van der Waals surface area contributed by atoms with Crippen LogP contribution < -0.4 is 25.5 Å². The predicted octanol–water partition coefficient (Wildman–Crippen LogP) is 3.64. The molecular formula is C26H25FN4O5. The zero-order valence-corrected chi connectivity index (χ0v) is 19.7. The molecule has 3 aromatic carbocycles. The van der Waals surface area contributed by atoms with Gasteiger partial charge in [0, 0.05) is 5.69 Å². The molecule has 0 spiro atoms. The van der Waals surface area contributed by atoms with Crippen molar-refractivity contribution in [2.45, 2.75) is 13.8 Å². The number of carbonyl (C=O) groups is 3. The van der Waals surface area contributed by atoms with E-state index in [0.717, 1.165) is 11.6 Å². The molecule has 0 fully saturated rings. The third kappa shape index (κ3) is 7.66. The second-order valence-electron chi connectivity index (χ2n) is 7.48. The van der Waals surface area contributed by atoms with Crippen LogP contribution >= 0.6 is 0 Å². The molecular weight excluding hydrogens is 467 g/mol. The van der Waals surface area contributed by atoms with Crippen molar-refractivity contribution in [3.05, 3.63) is 83.7 Å². The van der Waals surface area contributed by atoms with Crippen molar-refractivity contribution < 1.29 is 28.2 Å². The summed E-state index contributed by atoms with van der Waals surface area (Å²) in [6.07, 6.45) is 1.30. The SMILES string of the molecule is CCOc1cc(/C=N\NC(=O)C(=O)Nc2ccccc2F)ccc1OCC(=O)Nc1cccc(C)c1. The molecule has 3 aromatic rings. The molecule has 0 saturated carbocycles. The van der Waals surface area contributed by atoms with Gasteiger partial charge in [0.2, 0.25) is 0 Å². The number of rotatable bonds is 9. The fourth-order valence-corrected chi connectivity index (χ4v) is 3.01. The van der Waals surface area contributed by atoms with Gasteiger partial charge in [0.1, 0.15) is 5.82 Å². The molecule has 0 aliphatic rings. The Morgan fingerprint density at radius 3 is 2.47 bits per heavy atom. The molecule has 0 heterocycles. The fourth-order valence-electron chi connectivity index (χ4n) is 3.01. The number of hydrazone groups is 1. The lowest BCUT2D eigenvalue weighted by atomic mass is 10.2. The summed E-state index contributed by atoms with van der Waals surface area (Å²) in [6, 6.07) is 17.7. The zero-order chi connectivity index (χ0) is 25.9. The molecule has 0 aromatic heterocycles. The Kier molecular flexibility index (Phi) is 9.10. The normalized spacial score (nSPS) is 10.5. The first-order valence-electron chi connectivity index (χ1n) is 11.0. The molecule has 3 N–H and O–H groups in total. The standard InChI is InChI=1S/C26H25FN4O5/c1-3-35-23-14-18(15-28-31-26(34)25(33)30-21-10-5-4-9-20(21)27)11-12-22(23)36-16-24(32)29-19-8-6-7-17(2)13-19/h4-15H,3,16H2,1-2H3,(H,29,32)(H,30,33)(H,31,34)/b28-15-. The second-order valence-corrected chi connectivity index (χ2v) is 7.48. The van der Waals surface area contributed by atoms with Crippen molar-refractivity contribution >= 4 is 35.3 Å². The molecule has 9 nitrogen and oxygen atoms in total. The van der Waals surface area contributed by atoms with Crippen LogP contribution in [-0.2, 0) is 14.4 Å². The highest BCUT2D eigenvalue weighted by atomic mass is 19.1. The van der Waals surface area contributed by atoms with E-state index < -0.39 is 17.6 Å². The van der Waals surface area contributed by atoms with Gasteiger partial charge in [-0.15, -0.1) is 0 Å². The van der Waals surface area contributed by atoms with Crippen molar-refractivity contribution in [1.29, 1.82) is 0 Å². The number of hydrogen-bond acceptors (Lipinski definition) is 6. The maximum Gasteiger partial charge on any atom is 0.329 e. The summed E-state index contributed by atoms with van der Waals surface area (Å²) in [7, 11) is 0. The number of nitrogens with one attached hydrogen (secondary N) is 3. The van der Waals surface area contributed by atoms with Gasteiger partial charge in [-0.05, 0) is 67.4 Å². The second kappa shape index (κ2) is 12.7. The summed E-state index contributed by atoms with van der Waals surface area (Å²) in [6.45, 7) is 3.84. The van der Waals surface area contributed by atoms with Gasteiger partial charge in [-0.25, -0.2) is 9.82 Å². The molecule has 10 heteroatoms. The van der Waals surface area contributed by atoms with Crippen LogP contribution in [0, 0.1) is 12.7 Å². The number of aryl methyl sites for hydroxylation is 1. The lowest BCUT2D eigenvalue weighted by Crippen LogP contribution is -2.32. The largest absolute Gasteiger partial charge is 0.490 e. The summed E-state index contributed by atoms with van der Waals surface area (Å²) in [5.74, 6) is -2.42. The zero-order valence-electron chi connectivity index (χ0n) is 19.7. The highest BCUT2D eigenvalue weighted by Crippen LogP contribution is 2.28. The van der Waals surface area contributed by atoms with E-state index in [2.05, 4.69) is 21.2 Å². The minimum absolute atomic E-state index is 0.119. The van der Waals surface area contributed by atoms with Crippen molar-refractivity contribution in [2.24, 2.45) is 5.10 Å². The summed E-state index contributed by atoms with van der Waals surface area (Å²) in [5, 5.41) is 8.67. The first-order chi connectivity index (χ1) is 17.4. The monoisotopic (exact) mass is 492 g/mol. The van der Waals surface area contributed by atoms with Crippen LogP contribution in [0.1, 0.15) is 18.1 Å². The van der Waals surface area contributed by atoms with Crippen LogP contribution in [-0.4, -0.2) is 37.1 Å². The van der Waals surface area contributed by atoms with Gasteiger partial charge in [-0.2, -0.15) is 5.10 Å². The predicted molar refractivity (Wildman–Crippen MR) is 134 cm³/mol. The first-order valence-corrected chi connectivity index (χ1v) is 11.0. The highest BCUT2D eigenvalue weighted by molar-refractivity contribution is 6.39. The Morgan fingerprint density at radius 1 is 0.917 bits per heavy atom. The average molecular weight is 493 g/mol. The van der Waals surface area contributed by atoms with E-state index in [4.69, 9.17) is 9.47 Å². The minimum atomic E-state index is -1.07. The smallest absolute Gasteiger partial charge is 0.329 e. The molecule has 0 bridgehead atoms. The molecule has 0 aliphatic carbocycles. The van der Waals surface area contributed by atoms with Crippen LogP contribution in [0.3, 0.4) is 0 Å². The van der Waals surface area contributed by atoms with E-state index in [9.17, 15) is 18.8 Å². The number of nitrogens with zero attached hydrogens (tertiary/aromatic N) is 1. The van der Waals surface area contributed by atoms with Gasteiger partial charge >= 0.3 is 11.8 Å². The third-order valence-corrected chi connectivity index (χ3v) is 4.64. The summed E-state index contributed by atoms with van der Waals surface area (Å²) < 4.78 is 24.8. The number of carbonyl (C=O) groups excluding carboxylic acids is 3. The van der Waals surface area contributed by atoms with Crippen molar-refractivity contribution in [1.82, 2.24) is 5.43 Å². The summed E-state index contributed by atoms with van der Waals surface area (Å²) >= 11 is 0. The van der Waals surface area contributed by atoms with Crippen molar-refractivity contribution in [3.63, 3.8) is 0 Å². The van der Waals surface area contributed by atoms with E-state index in [0.29, 0.717) is 29.4 Å². The van der Waals surface area contributed by atoms with Crippen LogP contribution in [0.15, 0.2) is 71.8 Å². The first kappa shape index (κ1) is 25.9. The number of amides is 3. The Morgan fingerprint density at radius 2 is 1.72 bits per heavy atom. The van der Waals surface area contributed by atoms with E-state index >= 15 is 0 Å². The van der Waals surface area contributed by atoms with Gasteiger partial charge in [-0.1, -0.05) is 24.3 Å². The molecule has 0 radical (unpaired) electrons. The third-order valence-electron chi connectivity index (χ3n) is 4.64. The molecule has 3 amide bonds. The molecule has 3 rings (SSSR count). The molecule has 186 valence electrons. The van der Waals surface area contributed by atoms with Gasteiger partial charge in [0.25, 0.3) is 5.91 Å². The highest BCUT2D eigenvalue weighted by Gasteiger charge is 2.15. The molecule has 36 heavy (non-hydrogen) atoms.